The Morgan fingerprint density at radius 1 is 1.73 bits per heavy atom. The minimum atomic E-state index is -0.0105. The van der Waals surface area contributed by atoms with Crippen molar-refractivity contribution in [3.8, 4) is 0 Å². The topological polar surface area (TPSA) is 9.23 Å². The van der Waals surface area contributed by atoms with Crippen molar-refractivity contribution in [1.82, 2.24) is 0 Å². The van der Waals surface area contributed by atoms with Crippen LogP contribution in [-0.4, -0.2) is 30.5 Å². The highest BCUT2D eigenvalue weighted by molar-refractivity contribution is 8.00. The number of fused-ring (bicyclic) bond motifs is 2. The van der Waals surface area contributed by atoms with Gasteiger partial charge in [-0.25, -0.2) is 0 Å². The number of rotatable bonds is 1. The van der Waals surface area contributed by atoms with Crippen LogP contribution in [0.25, 0.3) is 0 Å². The smallest absolute Gasteiger partial charge is 0.110 e. The predicted octanol–water partition coefficient (Wildman–Crippen LogP) is 1.41. The van der Waals surface area contributed by atoms with Crippen LogP contribution in [0.15, 0.2) is 0 Å². The molecule has 0 aromatic heterocycles. The normalized spacial score (nSPS) is 55.3. The molecule has 2 aliphatic heterocycles. The molecule has 2 radical (unpaired) electrons. The molecule has 0 saturated carbocycles. The van der Waals surface area contributed by atoms with Gasteiger partial charge < -0.3 is 4.74 Å². The first kappa shape index (κ1) is 8.00. The molecule has 0 N–H and O–H groups in total. The Labute approximate surface area is 73.7 Å². The summed E-state index contributed by atoms with van der Waals surface area (Å²) in [6.45, 7) is 4.46. The maximum atomic E-state index is 5.83. The molecule has 2 fully saturated rings. The predicted molar refractivity (Wildman–Crippen MR) is 49.1 cm³/mol. The quantitative estimate of drug-likeness (QED) is 0.547. The van der Waals surface area contributed by atoms with Gasteiger partial charge in [-0.15, -0.1) is 0 Å². The molecule has 0 aliphatic carbocycles. The lowest BCUT2D eigenvalue weighted by atomic mass is 9.85. The molecule has 2 aliphatic rings. The maximum absolute atomic E-state index is 5.83. The van der Waals surface area contributed by atoms with Gasteiger partial charge >= 0.3 is 0 Å². The molecule has 4 atom stereocenters. The summed E-state index contributed by atoms with van der Waals surface area (Å²) in [6.07, 6.45) is 1.10. The van der Waals surface area contributed by atoms with E-state index in [9.17, 15) is 0 Å². The summed E-state index contributed by atoms with van der Waals surface area (Å²) in [4.78, 5) is 0. The molecule has 4 unspecified atom stereocenters. The largest absolute Gasteiger partial charge is 0.379 e. The number of hydrogen-bond acceptors (Lipinski definition) is 2. The Kier molecular flexibility index (Phi) is 1.77. The Bertz CT molecular complexity index is 175. The summed E-state index contributed by atoms with van der Waals surface area (Å²) in [5, 5.41) is 0.551. The van der Waals surface area contributed by atoms with Crippen LogP contribution >= 0.6 is 11.8 Å². The standard InChI is InChI=1S/C8H13BOS/c1-3-8-4-11-6(5(8)2)7(9)10-8/h5-7H,3-4H2,1-2H3. The van der Waals surface area contributed by atoms with Crippen molar-refractivity contribution < 1.29 is 4.74 Å². The van der Waals surface area contributed by atoms with Gasteiger partial charge in [0.05, 0.1) is 5.60 Å². The second-order valence-electron chi connectivity index (χ2n) is 3.57. The summed E-state index contributed by atoms with van der Waals surface area (Å²) in [7, 11) is 5.83. The second kappa shape index (κ2) is 2.43. The average Bonchev–Trinajstić information content (AvgIpc) is 2.42. The third kappa shape index (κ3) is 0.904. The van der Waals surface area contributed by atoms with E-state index in [0.717, 1.165) is 12.2 Å². The van der Waals surface area contributed by atoms with Crippen molar-refractivity contribution >= 4 is 19.6 Å². The fourth-order valence-corrected chi connectivity index (χ4v) is 3.97. The Balaban J connectivity index is 2.24. The van der Waals surface area contributed by atoms with E-state index in [1.807, 2.05) is 11.8 Å². The molecule has 11 heavy (non-hydrogen) atoms. The fraction of sp³-hybridized carbons (Fsp3) is 1.00. The summed E-state index contributed by atoms with van der Waals surface area (Å²) in [6, 6.07) is -0.0105. The lowest BCUT2D eigenvalue weighted by Gasteiger charge is -2.29. The van der Waals surface area contributed by atoms with Crippen LogP contribution in [0.3, 0.4) is 0 Å². The average molecular weight is 168 g/mol. The van der Waals surface area contributed by atoms with Crippen molar-refractivity contribution in [1.29, 1.82) is 0 Å². The summed E-state index contributed by atoms with van der Waals surface area (Å²) in [5.74, 6) is 1.79. The van der Waals surface area contributed by atoms with Gasteiger partial charge in [0.15, 0.2) is 0 Å². The summed E-state index contributed by atoms with van der Waals surface area (Å²) >= 11 is 1.98. The molecule has 0 aromatic carbocycles. The van der Waals surface area contributed by atoms with Gasteiger partial charge in [-0.3, -0.25) is 0 Å². The van der Waals surface area contributed by atoms with Crippen molar-refractivity contribution in [2.75, 3.05) is 5.75 Å². The number of thioether (sulfide) groups is 1. The first-order valence-electron chi connectivity index (χ1n) is 4.24. The zero-order valence-corrected chi connectivity index (χ0v) is 7.86. The van der Waals surface area contributed by atoms with E-state index in [4.69, 9.17) is 12.6 Å². The van der Waals surface area contributed by atoms with Gasteiger partial charge in [-0.1, -0.05) is 13.8 Å². The van der Waals surface area contributed by atoms with Crippen LogP contribution < -0.4 is 0 Å². The molecule has 0 amide bonds. The molecule has 2 heterocycles. The third-order valence-corrected chi connectivity index (χ3v) is 4.85. The molecule has 0 spiro atoms. The summed E-state index contributed by atoms with van der Waals surface area (Å²) in [5.41, 5.74) is 0.120. The van der Waals surface area contributed by atoms with Crippen LogP contribution in [0.1, 0.15) is 20.3 Å². The lowest BCUT2D eigenvalue weighted by Crippen LogP contribution is -2.35. The van der Waals surface area contributed by atoms with Gasteiger partial charge in [0.2, 0.25) is 0 Å². The van der Waals surface area contributed by atoms with Gasteiger partial charge in [-0.2, -0.15) is 11.8 Å². The molecule has 60 valence electrons. The van der Waals surface area contributed by atoms with Crippen molar-refractivity contribution in [2.24, 2.45) is 5.92 Å². The highest BCUT2D eigenvalue weighted by Gasteiger charge is 2.55. The maximum Gasteiger partial charge on any atom is 0.110 e. The monoisotopic (exact) mass is 168 g/mol. The first-order valence-corrected chi connectivity index (χ1v) is 5.29. The fourth-order valence-electron chi connectivity index (χ4n) is 2.18. The van der Waals surface area contributed by atoms with Crippen LogP contribution in [0.2, 0.25) is 0 Å². The van der Waals surface area contributed by atoms with Crippen LogP contribution in [0, 0.1) is 5.92 Å². The zero-order chi connectivity index (χ0) is 8.06. The highest BCUT2D eigenvalue weighted by atomic mass is 32.2. The first-order chi connectivity index (χ1) is 5.19. The molecule has 1 nitrogen and oxygen atoms in total. The van der Waals surface area contributed by atoms with Crippen LogP contribution in [-0.2, 0) is 4.74 Å². The van der Waals surface area contributed by atoms with Crippen molar-refractivity contribution in [3.63, 3.8) is 0 Å². The zero-order valence-electron chi connectivity index (χ0n) is 7.04. The van der Waals surface area contributed by atoms with E-state index in [1.54, 1.807) is 0 Å². The molecular formula is C8H13BOS. The molecule has 3 heteroatoms. The SMILES string of the molecule is [B]C1OC2(CC)CSC1C2C. The molecule has 0 aromatic rings. The van der Waals surface area contributed by atoms with Gasteiger partial charge in [0.1, 0.15) is 7.85 Å². The van der Waals surface area contributed by atoms with E-state index < -0.39 is 0 Å². The van der Waals surface area contributed by atoms with E-state index in [-0.39, 0.29) is 11.6 Å². The lowest BCUT2D eigenvalue weighted by molar-refractivity contribution is -0.0154. The van der Waals surface area contributed by atoms with E-state index in [0.29, 0.717) is 11.2 Å². The Hall–Kier alpha value is 0.375. The van der Waals surface area contributed by atoms with E-state index in [1.165, 1.54) is 0 Å². The molecule has 2 saturated heterocycles. The molecular weight excluding hydrogens is 155 g/mol. The van der Waals surface area contributed by atoms with Crippen molar-refractivity contribution in [3.05, 3.63) is 0 Å². The number of ether oxygens (including phenoxy) is 1. The van der Waals surface area contributed by atoms with E-state index in [2.05, 4.69) is 13.8 Å². The van der Waals surface area contributed by atoms with E-state index >= 15 is 0 Å². The molecule has 2 rings (SSSR count). The minimum Gasteiger partial charge on any atom is -0.379 e. The Morgan fingerprint density at radius 3 is 2.73 bits per heavy atom. The molecule has 2 bridgehead atoms. The Morgan fingerprint density at radius 2 is 2.45 bits per heavy atom. The highest BCUT2D eigenvalue weighted by Crippen LogP contribution is 2.52. The summed E-state index contributed by atoms with van der Waals surface area (Å²) < 4.78 is 5.77. The van der Waals surface area contributed by atoms with Crippen LogP contribution in [0.4, 0.5) is 0 Å². The second-order valence-corrected chi connectivity index (χ2v) is 4.73. The van der Waals surface area contributed by atoms with Gasteiger partial charge in [0, 0.05) is 17.0 Å². The van der Waals surface area contributed by atoms with Crippen molar-refractivity contribution in [2.45, 2.75) is 37.1 Å². The minimum absolute atomic E-state index is 0.0105. The third-order valence-electron chi connectivity index (χ3n) is 3.14. The number of hydrogen-bond donors (Lipinski definition) is 0. The van der Waals surface area contributed by atoms with Gasteiger partial charge in [-0.05, 0) is 12.3 Å². The van der Waals surface area contributed by atoms with Gasteiger partial charge in [0.25, 0.3) is 0 Å². The van der Waals surface area contributed by atoms with Crippen LogP contribution in [0.5, 0.6) is 0 Å².